The number of piperidine rings is 1. The molecule has 0 aromatic heterocycles. The van der Waals surface area contributed by atoms with E-state index in [0.717, 1.165) is 34.8 Å². The summed E-state index contributed by atoms with van der Waals surface area (Å²) in [6, 6.07) is 20.3. The number of amides is 1. The van der Waals surface area contributed by atoms with Crippen molar-refractivity contribution in [2.24, 2.45) is 10.7 Å². The molecule has 0 spiro atoms. The number of carbonyl (C=O) groups is 1. The van der Waals surface area contributed by atoms with Gasteiger partial charge in [0.25, 0.3) is 16.0 Å². The zero-order valence-electron chi connectivity index (χ0n) is 20.0. The average molecular weight is 510 g/mol. The number of nitrogens with zero attached hydrogens (tertiary/aromatic N) is 1. The molecule has 3 aromatic rings. The van der Waals surface area contributed by atoms with E-state index in [-0.39, 0.29) is 16.4 Å². The normalized spacial score (nSPS) is 18.4. The highest BCUT2D eigenvalue weighted by Crippen LogP contribution is 2.26. The largest absolute Gasteiger partial charge is 0.412 e. The molecule has 1 unspecified atom stereocenters. The summed E-state index contributed by atoms with van der Waals surface area (Å²) in [6.07, 6.45) is 4.59. The van der Waals surface area contributed by atoms with Crippen molar-refractivity contribution in [2.75, 3.05) is 13.1 Å². The van der Waals surface area contributed by atoms with Crippen molar-refractivity contribution in [2.45, 2.75) is 36.6 Å². The van der Waals surface area contributed by atoms with Crippen LogP contribution in [0.2, 0.25) is 0 Å². The molecule has 0 aliphatic carbocycles. The van der Waals surface area contributed by atoms with Crippen molar-refractivity contribution < 1.29 is 23.2 Å². The van der Waals surface area contributed by atoms with Gasteiger partial charge in [0, 0.05) is 6.54 Å². The van der Waals surface area contributed by atoms with Crippen molar-refractivity contribution in [1.29, 1.82) is 0 Å². The number of hydrogen-bond acceptors (Lipinski definition) is 5. The first-order chi connectivity index (χ1) is 16.7. The van der Waals surface area contributed by atoms with Gasteiger partial charge in [0.2, 0.25) is 0 Å². The van der Waals surface area contributed by atoms with Crippen LogP contribution in [0.4, 0.5) is 0 Å². The van der Waals surface area contributed by atoms with Crippen molar-refractivity contribution in [1.82, 2.24) is 5.32 Å². The molecule has 2 heterocycles. The maximum Gasteiger partial charge on any atom is 0.294 e. The molecule has 2 atom stereocenters. The van der Waals surface area contributed by atoms with Crippen LogP contribution in [0.25, 0.3) is 6.08 Å². The number of benzene rings is 3. The summed E-state index contributed by atoms with van der Waals surface area (Å²) in [5, 5.41) is 5.16. The number of para-hydroxylation sites is 1. The third kappa shape index (κ3) is 6.44. The fraction of sp³-hybridized carbons (Fsp3) is 0.259. The summed E-state index contributed by atoms with van der Waals surface area (Å²) < 4.78 is 29.6. The van der Waals surface area contributed by atoms with Crippen molar-refractivity contribution >= 4 is 22.1 Å². The van der Waals surface area contributed by atoms with Crippen molar-refractivity contribution in [3.8, 4) is 0 Å². The van der Waals surface area contributed by atoms with Gasteiger partial charge in [-0.2, -0.15) is 8.42 Å². The highest BCUT2D eigenvalue weighted by Gasteiger charge is 2.18. The van der Waals surface area contributed by atoms with E-state index < -0.39 is 16.0 Å². The molecule has 2 aliphatic heterocycles. The molecule has 6 N–H and O–H groups in total. The molecule has 0 radical (unpaired) electrons. The molecular formula is C27H31N3O5S. The topological polar surface area (TPSA) is 153 Å². The summed E-state index contributed by atoms with van der Waals surface area (Å²) in [5.41, 5.74) is 9.44. The number of carbonyl (C=O) groups excluding carboxylic acids is 1. The standard InChI is InChI=1S/C20H21N3O.C7H8O3S.H2O/c21-20(24)17-5-1-3-15-11-18(23-19(15)17)14-8-6-13(7-9-14)16-4-2-10-22-12-16;1-6-2-4-7(5-3-6)11(8,9)10;/h1,3,5-9,11,16,18,22H,2,4,10,12H2,(H2,21,24);2-5H,1H3,(H,8,9,10);1H2/t16-,18?;;/m1../s1. The highest BCUT2D eigenvalue weighted by atomic mass is 32.2. The second kappa shape index (κ2) is 11.6. The Labute approximate surface area is 210 Å². The minimum absolute atomic E-state index is 0. The zero-order valence-corrected chi connectivity index (χ0v) is 20.8. The quantitative estimate of drug-likeness (QED) is 0.458. The number of hydrogen-bond donors (Lipinski definition) is 3. The Morgan fingerprint density at radius 2 is 1.69 bits per heavy atom. The SMILES string of the molecule is Cc1ccc(S(=O)(=O)O)cc1.NC(=O)c1cccc2c1=NC(c1ccc([C@@H]3CCCNC3)cc1)C=2.O. The molecule has 0 saturated carbocycles. The fourth-order valence-electron chi connectivity index (χ4n) is 4.37. The molecule has 36 heavy (non-hydrogen) atoms. The third-order valence-electron chi connectivity index (χ3n) is 6.30. The second-order valence-corrected chi connectivity index (χ2v) is 10.3. The number of rotatable bonds is 4. The van der Waals surface area contributed by atoms with Crippen LogP contribution < -0.4 is 21.6 Å². The Morgan fingerprint density at radius 1 is 1.03 bits per heavy atom. The molecular weight excluding hydrogens is 478 g/mol. The van der Waals surface area contributed by atoms with Gasteiger partial charge in [0.15, 0.2) is 0 Å². The van der Waals surface area contributed by atoms with E-state index in [1.54, 1.807) is 18.2 Å². The van der Waals surface area contributed by atoms with Gasteiger partial charge in [0.05, 0.1) is 21.9 Å². The summed E-state index contributed by atoms with van der Waals surface area (Å²) in [6.45, 7) is 4.03. The van der Waals surface area contributed by atoms with Gasteiger partial charge in [-0.1, -0.05) is 54.1 Å². The van der Waals surface area contributed by atoms with Crippen LogP contribution in [0.3, 0.4) is 0 Å². The van der Waals surface area contributed by atoms with Gasteiger partial charge in [-0.3, -0.25) is 14.3 Å². The Kier molecular flexibility index (Phi) is 8.75. The first-order valence-electron chi connectivity index (χ1n) is 11.6. The Bertz CT molecular complexity index is 1430. The second-order valence-electron chi connectivity index (χ2n) is 8.85. The van der Waals surface area contributed by atoms with Gasteiger partial charge < -0.3 is 16.5 Å². The van der Waals surface area contributed by atoms with Crippen LogP contribution in [-0.4, -0.2) is 37.4 Å². The van der Waals surface area contributed by atoms with E-state index >= 15 is 0 Å². The van der Waals surface area contributed by atoms with Gasteiger partial charge in [0.1, 0.15) is 0 Å². The molecule has 9 heteroatoms. The number of aryl methyl sites for hydroxylation is 1. The smallest absolute Gasteiger partial charge is 0.294 e. The van der Waals surface area contributed by atoms with Crippen LogP contribution in [-0.2, 0) is 10.1 Å². The maximum absolute atomic E-state index is 11.6. The van der Waals surface area contributed by atoms with E-state index in [1.165, 1.54) is 30.5 Å². The maximum atomic E-state index is 11.6. The lowest BCUT2D eigenvalue weighted by Crippen LogP contribution is -2.31. The van der Waals surface area contributed by atoms with Gasteiger partial charge in [-0.15, -0.1) is 0 Å². The summed E-state index contributed by atoms with van der Waals surface area (Å²) in [5.74, 6) is 0.181. The molecule has 1 amide bonds. The van der Waals surface area contributed by atoms with E-state index in [9.17, 15) is 13.2 Å². The first-order valence-corrected chi connectivity index (χ1v) is 13.0. The van der Waals surface area contributed by atoms with Crippen LogP contribution in [0, 0.1) is 6.92 Å². The number of nitrogens with one attached hydrogen (secondary N) is 1. The average Bonchev–Trinajstić information content (AvgIpc) is 3.29. The number of fused-ring (bicyclic) bond motifs is 1. The lowest BCUT2D eigenvalue weighted by molar-refractivity contribution is 0.0999. The third-order valence-corrected chi connectivity index (χ3v) is 7.17. The fourth-order valence-corrected chi connectivity index (χ4v) is 4.85. The van der Waals surface area contributed by atoms with Crippen LogP contribution in [0.1, 0.15) is 51.8 Å². The summed E-state index contributed by atoms with van der Waals surface area (Å²) in [4.78, 5) is 16.2. The summed E-state index contributed by atoms with van der Waals surface area (Å²) in [7, 11) is -4.02. The number of primary amides is 1. The van der Waals surface area contributed by atoms with E-state index in [4.69, 9.17) is 15.3 Å². The van der Waals surface area contributed by atoms with Gasteiger partial charge >= 0.3 is 0 Å². The first kappa shape index (κ1) is 27.2. The Hall–Kier alpha value is -3.37. The lowest BCUT2D eigenvalue weighted by atomic mass is 9.90. The van der Waals surface area contributed by atoms with Crippen LogP contribution in [0.5, 0.6) is 0 Å². The molecule has 2 aliphatic rings. The van der Waals surface area contributed by atoms with Gasteiger partial charge in [-0.25, -0.2) is 0 Å². The van der Waals surface area contributed by atoms with Crippen LogP contribution in [0.15, 0.2) is 76.6 Å². The predicted molar refractivity (Wildman–Crippen MR) is 139 cm³/mol. The molecule has 5 rings (SSSR count). The van der Waals surface area contributed by atoms with Crippen LogP contribution >= 0.6 is 0 Å². The minimum atomic E-state index is -4.02. The minimum Gasteiger partial charge on any atom is -0.412 e. The van der Waals surface area contributed by atoms with Crippen molar-refractivity contribution in [3.05, 3.63) is 99.6 Å². The molecule has 3 aromatic carbocycles. The lowest BCUT2D eigenvalue weighted by Gasteiger charge is -2.23. The Morgan fingerprint density at radius 3 is 2.28 bits per heavy atom. The molecule has 8 nitrogen and oxygen atoms in total. The molecule has 1 fully saturated rings. The van der Waals surface area contributed by atoms with E-state index in [1.807, 2.05) is 19.1 Å². The predicted octanol–water partition coefficient (Wildman–Crippen LogP) is 1.82. The Balaban J connectivity index is 0.000000256. The molecule has 190 valence electrons. The van der Waals surface area contributed by atoms with Gasteiger partial charge in [-0.05, 0) is 72.8 Å². The van der Waals surface area contributed by atoms with E-state index in [0.29, 0.717) is 11.5 Å². The van der Waals surface area contributed by atoms with Crippen molar-refractivity contribution in [3.63, 3.8) is 0 Å². The monoisotopic (exact) mass is 509 g/mol. The molecule has 0 bridgehead atoms. The molecule has 1 saturated heterocycles. The van der Waals surface area contributed by atoms with E-state index in [2.05, 4.69) is 35.7 Å². The summed E-state index contributed by atoms with van der Waals surface area (Å²) >= 11 is 0. The number of nitrogens with two attached hydrogens (primary N) is 1. The zero-order chi connectivity index (χ0) is 25.0. The highest BCUT2D eigenvalue weighted by molar-refractivity contribution is 7.85.